The zero-order valence-electron chi connectivity index (χ0n) is 16.2. The number of amides is 4. The highest BCUT2D eigenvalue weighted by Crippen LogP contribution is 2.35. The van der Waals surface area contributed by atoms with Crippen molar-refractivity contribution >= 4 is 45.5 Å². The Balaban J connectivity index is 2.02. The van der Waals surface area contributed by atoms with Crippen molar-refractivity contribution < 1.29 is 23.9 Å². The van der Waals surface area contributed by atoms with Crippen molar-refractivity contribution in [3.05, 3.63) is 57.6 Å². The van der Waals surface area contributed by atoms with Crippen molar-refractivity contribution in [3.8, 4) is 23.8 Å². The summed E-state index contributed by atoms with van der Waals surface area (Å²) in [6, 6.07) is 9.22. The molecule has 1 N–H and O–H groups in total. The van der Waals surface area contributed by atoms with E-state index in [0.29, 0.717) is 27.2 Å². The monoisotopic (exact) mass is 468 g/mol. The molecule has 1 saturated heterocycles. The molecule has 0 atom stereocenters. The lowest BCUT2D eigenvalue weighted by atomic mass is 10.1. The van der Waals surface area contributed by atoms with E-state index in [0.717, 1.165) is 10.5 Å². The molecule has 1 fully saturated rings. The van der Waals surface area contributed by atoms with Gasteiger partial charge in [0.2, 0.25) is 0 Å². The number of hydrogen-bond donors (Lipinski definition) is 1. The number of imide groups is 2. The molecule has 1 aliphatic rings. The molecule has 0 saturated carbocycles. The molecule has 0 bridgehead atoms. The van der Waals surface area contributed by atoms with Crippen LogP contribution in [0.25, 0.3) is 6.08 Å². The number of ether oxygens (including phenoxy) is 2. The molecule has 3 rings (SSSR count). The van der Waals surface area contributed by atoms with Gasteiger partial charge in [0, 0.05) is 4.47 Å². The maximum absolute atomic E-state index is 13.0. The van der Waals surface area contributed by atoms with Crippen LogP contribution in [0.5, 0.6) is 11.5 Å². The quantitative estimate of drug-likeness (QED) is 0.412. The first-order valence-corrected chi connectivity index (χ1v) is 9.57. The summed E-state index contributed by atoms with van der Waals surface area (Å²) in [4.78, 5) is 38.6. The van der Waals surface area contributed by atoms with Gasteiger partial charge in [0.05, 0.1) is 12.8 Å². The van der Waals surface area contributed by atoms with Crippen LogP contribution < -0.4 is 19.7 Å². The number of halogens is 1. The molecule has 1 heterocycles. The minimum Gasteiger partial charge on any atom is -0.493 e. The Morgan fingerprint density at radius 1 is 1.17 bits per heavy atom. The number of anilines is 1. The van der Waals surface area contributed by atoms with Gasteiger partial charge in [0.1, 0.15) is 12.2 Å². The van der Waals surface area contributed by atoms with Gasteiger partial charge in [-0.1, -0.05) is 39.5 Å². The van der Waals surface area contributed by atoms with Crippen LogP contribution >= 0.6 is 15.9 Å². The number of nitrogens with zero attached hydrogens (tertiary/aromatic N) is 1. The molecule has 8 heteroatoms. The van der Waals surface area contributed by atoms with Crippen molar-refractivity contribution in [2.24, 2.45) is 0 Å². The van der Waals surface area contributed by atoms with E-state index in [1.54, 1.807) is 36.4 Å². The van der Waals surface area contributed by atoms with Crippen LogP contribution in [0.4, 0.5) is 10.5 Å². The van der Waals surface area contributed by atoms with Crippen LogP contribution in [0.3, 0.4) is 0 Å². The summed E-state index contributed by atoms with van der Waals surface area (Å²) in [5.74, 6) is 1.62. The highest BCUT2D eigenvalue weighted by atomic mass is 79.9. The number of aryl methyl sites for hydroxylation is 1. The summed E-state index contributed by atoms with van der Waals surface area (Å²) in [6.07, 6.45) is 6.60. The lowest BCUT2D eigenvalue weighted by Crippen LogP contribution is -2.54. The molecular formula is C22H17BrN2O5. The van der Waals surface area contributed by atoms with Crippen molar-refractivity contribution in [1.82, 2.24) is 5.32 Å². The molecule has 7 nitrogen and oxygen atoms in total. The standard InChI is InChI=1S/C22H17BrN2O5/c1-4-9-30-19-12-17(23)14(11-18(19)29-3)10-16-20(26)24-22(28)25(21(16)27)15-7-5-13(2)6-8-15/h1,5-8,10-12H,9H2,2-3H3,(H,24,26,28)/b16-10+. The third-order valence-corrected chi connectivity index (χ3v) is 4.97. The van der Waals surface area contributed by atoms with Crippen LogP contribution in [-0.2, 0) is 9.59 Å². The first-order valence-electron chi connectivity index (χ1n) is 8.77. The Morgan fingerprint density at radius 2 is 1.87 bits per heavy atom. The number of hydrogen-bond acceptors (Lipinski definition) is 5. The van der Waals surface area contributed by atoms with Gasteiger partial charge in [0.25, 0.3) is 11.8 Å². The normalized spacial score (nSPS) is 15.1. The number of urea groups is 1. The summed E-state index contributed by atoms with van der Waals surface area (Å²) in [7, 11) is 1.46. The highest BCUT2D eigenvalue weighted by Gasteiger charge is 2.36. The second kappa shape index (κ2) is 8.84. The predicted octanol–water partition coefficient (Wildman–Crippen LogP) is 3.44. The molecular weight excluding hydrogens is 452 g/mol. The van der Waals surface area contributed by atoms with Crippen molar-refractivity contribution in [2.75, 3.05) is 18.6 Å². The number of barbiturate groups is 1. The lowest BCUT2D eigenvalue weighted by molar-refractivity contribution is -0.122. The third-order valence-electron chi connectivity index (χ3n) is 4.29. The van der Waals surface area contributed by atoms with Gasteiger partial charge in [0.15, 0.2) is 11.5 Å². The first kappa shape index (κ1) is 21.1. The Kier molecular flexibility index (Phi) is 6.23. The topological polar surface area (TPSA) is 84.9 Å². The van der Waals surface area contributed by atoms with E-state index in [1.807, 2.05) is 6.92 Å². The SMILES string of the molecule is C#CCOc1cc(Br)c(/C=C2\C(=O)NC(=O)N(c3ccc(C)cc3)C2=O)cc1OC. The molecule has 0 aliphatic carbocycles. The molecule has 30 heavy (non-hydrogen) atoms. The fourth-order valence-corrected chi connectivity index (χ4v) is 3.23. The smallest absolute Gasteiger partial charge is 0.335 e. The van der Waals surface area contributed by atoms with E-state index in [-0.39, 0.29) is 12.2 Å². The zero-order chi connectivity index (χ0) is 21.8. The van der Waals surface area contributed by atoms with Crippen molar-refractivity contribution in [1.29, 1.82) is 0 Å². The Morgan fingerprint density at radius 3 is 2.50 bits per heavy atom. The van der Waals surface area contributed by atoms with Crippen LogP contribution in [0, 0.1) is 19.3 Å². The zero-order valence-corrected chi connectivity index (χ0v) is 17.8. The average molecular weight is 469 g/mol. The number of terminal acetylenes is 1. The highest BCUT2D eigenvalue weighted by molar-refractivity contribution is 9.10. The molecule has 0 radical (unpaired) electrons. The molecule has 0 aromatic heterocycles. The van der Waals surface area contributed by atoms with Gasteiger partial charge in [-0.15, -0.1) is 6.42 Å². The average Bonchev–Trinajstić information content (AvgIpc) is 2.71. The van der Waals surface area contributed by atoms with Gasteiger partial charge in [-0.3, -0.25) is 14.9 Å². The van der Waals surface area contributed by atoms with Crippen LogP contribution in [0.2, 0.25) is 0 Å². The molecule has 2 aromatic rings. The maximum atomic E-state index is 13.0. The van der Waals surface area contributed by atoms with E-state index in [4.69, 9.17) is 15.9 Å². The molecule has 0 unspecified atom stereocenters. The number of rotatable bonds is 5. The van der Waals surface area contributed by atoms with Gasteiger partial charge in [-0.25, -0.2) is 9.69 Å². The number of carbonyl (C=O) groups is 3. The Hall–Kier alpha value is -3.57. The summed E-state index contributed by atoms with van der Waals surface area (Å²) >= 11 is 3.39. The van der Waals surface area contributed by atoms with E-state index in [9.17, 15) is 14.4 Å². The third kappa shape index (κ3) is 4.21. The fourth-order valence-electron chi connectivity index (χ4n) is 2.79. The van der Waals surface area contributed by atoms with Crippen LogP contribution in [-0.4, -0.2) is 31.6 Å². The van der Waals surface area contributed by atoms with Crippen molar-refractivity contribution in [2.45, 2.75) is 6.92 Å². The second-order valence-electron chi connectivity index (χ2n) is 6.31. The molecule has 1 aliphatic heterocycles. The maximum Gasteiger partial charge on any atom is 0.335 e. The van der Waals surface area contributed by atoms with Gasteiger partial charge < -0.3 is 9.47 Å². The number of nitrogens with one attached hydrogen (secondary N) is 1. The summed E-state index contributed by atoms with van der Waals surface area (Å²) in [6.45, 7) is 1.94. The minimum atomic E-state index is -0.805. The Labute approximate surface area is 181 Å². The number of carbonyl (C=O) groups excluding carboxylic acids is 3. The Bertz CT molecular complexity index is 1100. The van der Waals surface area contributed by atoms with Gasteiger partial charge in [-0.2, -0.15) is 0 Å². The van der Waals surface area contributed by atoms with E-state index in [2.05, 4.69) is 27.2 Å². The summed E-state index contributed by atoms with van der Waals surface area (Å²) in [5, 5.41) is 2.20. The van der Waals surface area contributed by atoms with E-state index in [1.165, 1.54) is 13.2 Å². The molecule has 4 amide bonds. The largest absolute Gasteiger partial charge is 0.493 e. The summed E-state index contributed by atoms with van der Waals surface area (Å²) < 4.78 is 11.3. The predicted molar refractivity (Wildman–Crippen MR) is 115 cm³/mol. The van der Waals surface area contributed by atoms with Crippen LogP contribution in [0.15, 0.2) is 46.4 Å². The second-order valence-corrected chi connectivity index (χ2v) is 7.17. The fraction of sp³-hybridized carbons (Fsp3) is 0.136. The van der Waals surface area contributed by atoms with Crippen molar-refractivity contribution in [3.63, 3.8) is 0 Å². The van der Waals surface area contributed by atoms with Gasteiger partial charge >= 0.3 is 6.03 Å². The van der Waals surface area contributed by atoms with Crippen LogP contribution in [0.1, 0.15) is 11.1 Å². The minimum absolute atomic E-state index is 0.0533. The molecule has 2 aromatic carbocycles. The van der Waals surface area contributed by atoms with Gasteiger partial charge in [-0.05, 0) is 42.8 Å². The van der Waals surface area contributed by atoms with E-state index >= 15 is 0 Å². The number of methoxy groups -OCH3 is 1. The molecule has 152 valence electrons. The lowest BCUT2D eigenvalue weighted by Gasteiger charge is -2.26. The summed E-state index contributed by atoms with van der Waals surface area (Å²) in [5.41, 5.74) is 1.61. The van der Waals surface area contributed by atoms with E-state index < -0.39 is 17.8 Å². The number of benzene rings is 2. The molecule has 0 spiro atoms. The first-order chi connectivity index (χ1) is 14.3.